The van der Waals surface area contributed by atoms with Gasteiger partial charge in [-0.15, -0.1) is 0 Å². The van der Waals surface area contributed by atoms with Gasteiger partial charge in [0.05, 0.1) is 18.0 Å². The molecule has 7 heteroatoms. The number of carbonyl (C=O) groups is 2. The molecule has 142 valence electrons. The van der Waals surface area contributed by atoms with Gasteiger partial charge in [-0.2, -0.15) is 5.11 Å². The average molecular weight is 376 g/mol. The van der Waals surface area contributed by atoms with E-state index in [4.69, 9.17) is 4.74 Å². The summed E-state index contributed by atoms with van der Waals surface area (Å²) in [6.07, 6.45) is 3.17. The molecule has 2 aromatic rings. The fraction of sp³-hybridized carbons (Fsp3) is 0.333. The van der Waals surface area contributed by atoms with Crippen LogP contribution < -0.4 is 14.6 Å². The van der Waals surface area contributed by atoms with Crippen LogP contribution in [0.2, 0.25) is 0 Å². The summed E-state index contributed by atoms with van der Waals surface area (Å²) in [6, 6.07) is 11.6. The Morgan fingerprint density at radius 2 is 1.75 bits per heavy atom. The lowest BCUT2D eigenvalue weighted by atomic mass is 10.1. The average Bonchev–Trinajstić information content (AvgIpc) is 3.40. The Labute approximate surface area is 162 Å². The molecule has 3 aliphatic rings. The molecule has 0 bridgehead atoms. The third kappa shape index (κ3) is 2.50. The number of hydrogen-bond donors (Lipinski definition) is 0. The molecule has 0 N–H and O–H groups in total. The number of carbonyl (C=O) groups excluding carboxylic acids is 2. The van der Waals surface area contributed by atoms with Crippen molar-refractivity contribution in [1.82, 2.24) is 0 Å². The van der Waals surface area contributed by atoms with Gasteiger partial charge in [0.1, 0.15) is 5.75 Å². The first-order valence-electron chi connectivity index (χ1n) is 9.60. The van der Waals surface area contributed by atoms with E-state index in [2.05, 4.69) is 10.3 Å². The summed E-state index contributed by atoms with van der Waals surface area (Å²) in [7, 11) is 0. The van der Waals surface area contributed by atoms with Crippen LogP contribution in [0.1, 0.15) is 24.5 Å². The fourth-order valence-electron chi connectivity index (χ4n) is 4.19. The zero-order valence-electron chi connectivity index (χ0n) is 15.5. The summed E-state index contributed by atoms with van der Waals surface area (Å²) >= 11 is 0. The van der Waals surface area contributed by atoms with Crippen molar-refractivity contribution >= 4 is 23.2 Å². The minimum Gasteiger partial charge on any atom is -0.494 e. The van der Waals surface area contributed by atoms with E-state index in [1.165, 1.54) is 21.0 Å². The molecule has 0 unspecified atom stereocenters. The molecule has 1 aliphatic carbocycles. The van der Waals surface area contributed by atoms with Crippen molar-refractivity contribution in [2.45, 2.75) is 38.3 Å². The maximum atomic E-state index is 13.2. The summed E-state index contributed by atoms with van der Waals surface area (Å²) in [5, 5.41) is 9.74. The maximum Gasteiger partial charge on any atom is 0.263 e. The highest BCUT2D eigenvalue weighted by Gasteiger charge is 2.55. The monoisotopic (exact) mass is 376 g/mol. The number of amides is 2. The number of nitrogens with zero attached hydrogens (tertiary/aromatic N) is 4. The molecule has 5 rings (SSSR count). The van der Waals surface area contributed by atoms with Crippen LogP contribution in [0.25, 0.3) is 0 Å². The molecule has 0 aromatic heterocycles. The lowest BCUT2D eigenvalue weighted by Gasteiger charge is -2.21. The standard InChI is InChI=1S/C21H20N4O3/c1-2-28-17-10-8-15(9-11-17)25-19-18(22-23-25)20(26)24(21(19)27)16-7-6-13-4-3-5-14(13)12-16/h6-12,18-19H,2-5H2,1H3/t18-,19+/m0/s1. The molecule has 1 saturated heterocycles. The third-order valence-corrected chi connectivity index (χ3v) is 5.53. The number of rotatable bonds is 4. The molecule has 2 atom stereocenters. The minimum atomic E-state index is -0.799. The van der Waals surface area contributed by atoms with Gasteiger partial charge in [0.25, 0.3) is 11.8 Å². The van der Waals surface area contributed by atoms with Crippen LogP contribution in [0.3, 0.4) is 0 Å². The Kier molecular flexibility index (Phi) is 3.89. The normalized spacial score (nSPS) is 22.8. The van der Waals surface area contributed by atoms with Gasteiger partial charge in [-0.25, -0.2) is 9.91 Å². The van der Waals surface area contributed by atoms with Gasteiger partial charge in [0.2, 0.25) is 0 Å². The number of aryl methyl sites for hydroxylation is 2. The minimum absolute atomic E-state index is 0.285. The molecule has 2 heterocycles. The molecule has 28 heavy (non-hydrogen) atoms. The van der Waals surface area contributed by atoms with Gasteiger partial charge in [-0.1, -0.05) is 11.3 Å². The lowest BCUT2D eigenvalue weighted by Crippen LogP contribution is -2.39. The second-order valence-corrected chi connectivity index (χ2v) is 7.18. The molecular weight excluding hydrogens is 356 g/mol. The van der Waals surface area contributed by atoms with Crippen molar-refractivity contribution in [3.05, 3.63) is 53.6 Å². The van der Waals surface area contributed by atoms with E-state index in [1.54, 1.807) is 0 Å². The number of hydrogen-bond acceptors (Lipinski definition) is 6. The summed E-state index contributed by atoms with van der Waals surface area (Å²) in [5.41, 5.74) is 3.86. The highest BCUT2D eigenvalue weighted by molar-refractivity contribution is 6.26. The zero-order valence-corrected chi connectivity index (χ0v) is 15.5. The molecule has 2 aromatic carbocycles. The maximum absolute atomic E-state index is 13.2. The fourth-order valence-corrected chi connectivity index (χ4v) is 4.19. The number of fused-ring (bicyclic) bond motifs is 2. The predicted molar refractivity (Wildman–Crippen MR) is 103 cm³/mol. The van der Waals surface area contributed by atoms with E-state index < -0.39 is 12.1 Å². The largest absolute Gasteiger partial charge is 0.494 e. The van der Waals surface area contributed by atoms with Gasteiger partial charge in [-0.05, 0) is 73.7 Å². The summed E-state index contributed by atoms with van der Waals surface area (Å²) in [4.78, 5) is 27.4. The number of benzene rings is 2. The number of anilines is 2. The van der Waals surface area contributed by atoms with Crippen LogP contribution in [-0.2, 0) is 22.4 Å². The first-order chi connectivity index (χ1) is 13.7. The van der Waals surface area contributed by atoms with Crippen molar-refractivity contribution in [2.75, 3.05) is 16.5 Å². The SMILES string of the molecule is CCOc1ccc(N2N=N[C@@H]3C(=O)N(c4ccc5c(c4)CCC5)C(=O)[C@@H]32)cc1. The molecule has 1 fully saturated rings. The van der Waals surface area contributed by atoms with Gasteiger partial charge in [0, 0.05) is 0 Å². The highest BCUT2D eigenvalue weighted by atomic mass is 16.5. The number of ether oxygens (including phenoxy) is 1. The topological polar surface area (TPSA) is 74.6 Å². The quantitative estimate of drug-likeness (QED) is 0.769. The highest BCUT2D eigenvalue weighted by Crippen LogP contribution is 2.36. The number of imide groups is 1. The van der Waals surface area contributed by atoms with Crippen molar-refractivity contribution in [2.24, 2.45) is 10.3 Å². The second kappa shape index (κ2) is 6.44. The van der Waals surface area contributed by atoms with Gasteiger partial charge in [0.15, 0.2) is 12.1 Å². The Morgan fingerprint density at radius 3 is 2.54 bits per heavy atom. The Bertz CT molecular complexity index is 986. The molecular formula is C21H20N4O3. The predicted octanol–water partition coefficient (Wildman–Crippen LogP) is 3.07. The first kappa shape index (κ1) is 16.9. The lowest BCUT2D eigenvalue weighted by molar-refractivity contribution is -0.121. The molecule has 0 spiro atoms. The van der Waals surface area contributed by atoms with Gasteiger partial charge < -0.3 is 4.74 Å². The van der Waals surface area contributed by atoms with Crippen LogP contribution in [0, 0.1) is 0 Å². The van der Waals surface area contributed by atoms with E-state index in [0.717, 1.165) is 25.0 Å². The Hall–Kier alpha value is -3.22. The van der Waals surface area contributed by atoms with E-state index >= 15 is 0 Å². The first-order valence-corrected chi connectivity index (χ1v) is 9.60. The van der Waals surface area contributed by atoms with Crippen molar-refractivity contribution in [3.63, 3.8) is 0 Å². The van der Waals surface area contributed by atoms with Crippen LogP contribution >= 0.6 is 0 Å². The van der Waals surface area contributed by atoms with Crippen molar-refractivity contribution in [3.8, 4) is 5.75 Å². The third-order valence-electron chi connectivity index (χ3n) is 5.53. The summed E-state index contributed by atoms with van der Waals surface area (Å²) < 4.78 is 5.46. The van der Waals surface area contributed by atoms with Gasteiger partial charge in [-0.3, -0.25) is 9.59 Å². The molecule has 0 saturated carbocycles. The van der Waals surface area contributed by atoms with Crippen molar-refractivity contribution < 1.29 is 14.3 Å². The van der Waals surface area contributed by atoms with Crippen LogP contribution in [-0.4, -0.2) is 30.5 Å². The van der Waals surface area contributed by atoms with E-state index in [0.29, 0.717) is 18.0 Å². The second-order valence-electron chi connectivity index (χ2n) is 7.18. The van der Waals surface area contributed by atoms with Crippen LogP contribution in [0.4, 0.5) is 11.4 Å². The summed E-state index contributed by atoms with van der Waals surface area (Å²) in [5.74, 6) is 0.143. The molecule has 2 amide bonds. The Balaban J connectivity index is 1.44. The molecule has 0 radical (unpaired) electrons. The smallest absolute Gasteiger partial charge is 0.263 e. The van der Waals surface area contributed by atoms with Crippen LogP contribution in [0.15, 0.2) is 52.8 Å². The van der Waals surface area contributed by atoms with E-state index in [-0.39, 0.29) is 11.8 Å². The van der Waals surface area contributed by atoms with Crippen molar-refractivity contribution in [1.29, 1.82) is 0 Å². The summed E-state index contributed by atoms with van der Waals surface area (Å²) in [6.45, 7) is 2.50. The zero-order chi connectivity index (χ0) is 19.3. The Morgan fingerprint density at radius 1 is 1.00 bits per heavy atom. The van der Waals surface area contributed by atoms with Gasteiger partial charge >= 0.3 is 0 Å². The van der Waals surface area contributed by atoms with Crippen LogP contribution in [0.5, 0.6) is 5.75 Å². The van der Waals surface area contributed by atoms with E-state index in [9.17, 15) is 9.59 Å². The molecule has 2 aliphatic heterocycles. The van der Waals surface area contributed by atoms with E-state index in [1.807, 2.05) is 49.4 Å². The molecule has 7 nitrogen and oxygen atoms in total.